The normalized spacial score (nSPS) is 28.9. The van der Waals surface area contributed by atoms with E-state index in [4.69, 9.17) is 0 Å². The average molecular weight is 377 g/mol. The highest BCUT2D eigenvalue weighted by atomic mass is 19.1. The summed E-state index contributed by atoms with van der Waals surface area (Å²) in [6.07, 6.45) is 15.7. The van der Waals surface area contributed by atoms with Crippen LogP contribution in [-0.2, 0) is 0 Å². The van der Waals surface area contributed by atoms with E-state index in [0.29, 0.717) is 0 Å². The number of carbonyl (C=O) groups excluding carboxylic acids is 1. The second kappa shape index (κ2) is 9.80. The Hall–Kier alpha value is -1.25. The van der Waals surface area contributed by atoms with Gasteiger partial charge in [0.2, 0.25) is 0 Å². The smallest absolute Gasteiger partial charge is 0.155 e. The summed E-state index contributed by atoms with van der Waals surface area (Å²) in [7, 11) is 0. The lowest BCUT2D eigenvalue weighted by atomic mass is 9.68. The van der Waals surface area contributed by atoms with Crippen LogP contribution in [0.5, 0.6) is 0 Å². The molecule has 0 heterocycles. The van der Waals surface area contributed by atoms with Crippen molar-refractivity contribution in [2.24, 2.45) is 17.8 Å². The van der Waals surface area contributed by atoms with E-state index in [1.807, 2.05) is 0 Å². The van der Waals surface area contributed by atoms with Crippen molar-refractivity contribution in [2.75, 3.05) is 0 Å². The minimum atomic E-state index is -0.719. The van der Waals surface area contributed by atoms with E-state index < -0.39 is 17.2 Å². The summed E-state index contributed by atoms with van der Waals surface area (Å²) in [6, 6.07) is 2.75. The number of hydrogen-bond donors (Lipinski definition) is 0. The lowest BCUT2D eigenvalue weighted by molar-refractivity contribution is 0.111. The van der Waals surface area contributed by atoms with Crippen LogP contribution in [0.15, 0.2) is 12.1 Å². The Morgan fingerprint density at radius 3 is 1.96 bits per heavy atom. The lowest BCUT2D eigenvalue weighted by Gasteiger charge is -2.38. The highest BCUT2D eigenvalue weighted by Gasteiger charge is 2.31. The molecule has 2 aliphatic rings. The van der Waals surface area contributed by atoms with Crippen molar-refractivity contribution in [3.63, 3.8) is 0 Å². The third kappa shape index (κ3) is 5.18. The van der Waals surface area contributed by atoms with Gasteiger partial charge in [-0.1, -0.05) is 45.4 Å². The van der Waals surface area contributed by atoms with Crippen LogP contribution in [0.25, 0.3) is 0 Å². The Labute approximate surface area is 162 Å². The molecule has 2 fully saturated rings. The maximum atomic E-state index is 13.9. The molecule has 2 aliphatic carbocycles. The lowest BCUT2D eigenvalue weighted by Crippen LogP contribution is -2.25. The van der Waals surface area contributed by atoms with Crippen molar-refractivity contribution < 1.29 is 13.6 Å². The Morgan fingerprint density at radius 1 is 0.889 bits per heavy atom. The largest absolute Gasteiger partial charge is 0.298 e. The molecule has 27 heavy (non-hydrogen) atoms. The SMILES string of the molecule is CCCCCC1CCC(C2CCC(c3cc(F)c(C=O)c(F)c3)CC2)CC1. The van der Waals surface area contributed by atoms with Gasteiger partial charge in [0.25, 0.3) is 0 Å². The van der Waals surface area contributed by atoms with E-state index in [1.165, 1.54) is 76.3 Å². The topological polar surface area (TPSA) is 17.1 Å². The van der Waals surface area contributed by atoms with Gasteiger partial charge in [-0.3, -0.25) is 4.79 Å². The standard InChI is InChI=1S/C24H34F2O/c1-2-3-4-5-17-6-8-18(9-7-17)19-10-12-20(13-11-19)21-14-23(25)22(16-27)24(26)15-21/h14-20H,2-13H2,1H3. The van der Waals surface area contributed by atoms with Crippen molar-refractivity contribution in [3.8, 4) is 0 Å². The van der Waals surface area contributed by atoms with Crippen LogP contribution in [-0.4, -0.2) is 6.29 Å². The summed E-state index contributed by atoms with van der Waals surface area (Å²) >= 11 is 0. The zero-order valence-corrected chi connectivity index (χ0v) is 16.7. The molecule has 0 bridgehead atoms. The monoisotopic (exact) mass is 376 g/mol. The molecule has 150 valence electrons. The maximum Gasteiger partial charge on any atom is 0.155 e. The van der Waals surface area contributed by atoms with Gasteiger partial charge >= 0.3 is 0 Å². The van der Waals surface area contributed by atoms with Crippen molar-refractivity contribution in [2.45, 2.75) is 89.9 Å². The van der Waals surface area contributed by atoms with Crippen LogP contribution in [0.2, 0.25) is 0 Å². The molecular weight excluding hydrogens is 342 g/mol. The first kappa shape index (κ1) is 20.5. The number of carbonyl (C=O) groups is 1. The number of benzene rings is 1. The van der Waals surface area contributed by atoms with Gasteiger partial charge in [-0.15, -0.1) is 0 Å². The quantitative estimate of drug-likeness (QED) is 0.357. The minimum Gasteiger partial charge on any atom is -0.298 e. The fraction of sp³-hybridized carbons (Fsp3) is 0.708. The number of halogens is 2. The maximum absolute atomic E-state index is 13.9. The highest BCUT2D eigenvalue weighted by Crippen LogP contribution is 2.44. The van der Waals surface area contributed by atoms with Crippen LogP contribution >= 0.6 is 0 Å². The Kier molecular flexibility index (Phi) is 7.43. The van der Waals surface area contributed by atoms with Gasteiger partial charge in [0, 0.05) is 0 Å². The molecule has 0 atom stereocenters. The van der Waals surface area contributed by atoms with E-state index in [9.17, 15) is 13.6 Å². The minimum absolute atomic E-state index is 0.233. The van der Waals surface area contributed by atoms with Crippen LogP contribution in [0.4, 0.5) is 8.78 Å². The molecule has 0 saturated heterocycles. The van der Waals surface area contributed by atoms with Crippen molar-refractivity contribution in [3.05, 3.63) is 34.9 Å². The Morgan fingerprint density at radius 2 is 1.44 bits per heavy atom. The van der Waals surface area contributed by atoms with Gasteiger partial charge in [-0.2, -0.15) is 0 Å². The second-order valence-corrected chi connectivity index (χ2v) is 8.90. The van der Waals surface area contributed by atoms with E-state index in [1.54, 1.807) is 0 Å². The number of rotatable bonds is 7. The molecule has 0 aromatic heterocycles. The van der Waals surface area contributed by atoms with Crippen LogP contribution in [0.3, 0.4) is 0 Å². The molecule has 3 rings (SSSR count). The molecule has 1 aromatic carbocycles. The molecule has 0 spiro atoms. The second-order valence-electron chi connectivity index (χ2n) is 8.90. The van der Waals surface area contributed by atoms with Crippen LogP contribution < -0.4 is 0 Å². The molecule has 0 radical (unpaired) electrons. The number of aldehydes is 1. The molecule has 3 heteroatoms. The predicted octanol–water partition coefficient (Wildman–Crippen LogP) is 7.44. The zero-order valence-electron chi connectivity index (χ0n) is 16.7. The Bertz CT molecular complexity index is 588. The molecule has 2 saturated carbocycles. The van der Waals surface area contributed by atoms with Crippen molar-refractivity contribution in [1.29, 1.82) is 0 Å². The van der Waals surface area contributed by atoms with Gasteiger partial charge in [0.05, 0.1) is 5.56 Å². The average Bonchev–Trinajstić information content (AvgIpc) is 2.69. The van der Waals surface area contributed by atoms with E-state index in [0.717, 1.165) is 36.2 Å². The summed E-state index contributed by atoms with van der Waals surface area (Å²) < 4.78 is 27.8. The first-order chi connectivity index (χ1) is 13.1. The van der Waals surface area contributed by atoms with Gasteiger partial charge < -0.3 is 0 Å². The predicted molar refractivity (Wildman–Crippen MR) is 106 cm³/mol. The highest BCUT2D eigenvalue weighted by molar-refractivity contribution is 5.75. The summed E-state index contributed by atoms with van der Waals surface area (Å²) in [5.41, 5.74) is 0.289. The third-order valence-electron chi connectivity index (χ3n) is 7.24. The van der Waals surface area contributed by atoms with Crippen LogP contribution in [0.1, 0.15) is 106 Å². The van der Waals surface area contributed by atoms with Crippen molar-refractivity contribution in [1.82, 2.24) is 0 Å². The summed E-state index contributed by atoms with van der Waals surface area (Å²) in [5, 5.41) is 0. The Balaban J connectivity index is 1.48. The van der Waals surface area contributed by atoms with Crippen molar-refractivity contribution >= 4 is 6.29 Å². The molecular formula is C24H34F2O. The van der Waals surface area contributed by atoms with E-state index in [-0.39, 0.29) is 12.2 Å². The fourth-order valence-electron chi connectivity index (χ4n) is 5.51. The number of unbranched alkanes of at least 4 members (excludes halogenated alkanes) is 2. The summed E-state index contributed by atoms with van der Waals surface area (Å²) in [6.45, 7) is 2.27. The van der Waals surface area contributed by atoms with Gasteiger partial charge in [0.15, 0.2) is 6.29 Å². The van der Waals surface area contributed by atoms with Gasteiger partial charge in [0.1, 0.15) is 11.6 Å². The van der Waals surface area contributed by atoms with E-state index >= 15 is 0 Å². The molecule has 0 unspecified atom stereocenters. The first-order valence-electron chi connectivity index (χ1n) is 11.1. The fourth-order valence-corrected chi connectivity index (χ4v) is 5.51. The molecule has 0 amide bonds. The summed E-state index contributed by atoms with van der Waals surface area (Å²) in [4.78, 5) is 10.8. The number of hydrogen-bond acceptors (Lipinski definition) is 1. The molecule has 0 aliphatic heterocycles. The molecule has 1 aromatic rings. The molecule has 0 N–H and O–H groups in total. The first-order valence-corrected chi connectivity index (χ1v) is 11.1. The zero-order chi connectivity index (χ0) is 19.2. The molecule has 1 nitrogen and oxygen atoms in total. The van der Waals surface area contributed by atoms with E-state index in [2.05, 4.69) is 6.92 Å². The van der Waals surface area contributed by atoms with Gasteiger partial charge in [-0.05, 0) is 79.9 Å². The van der Waals surface area contributed by atoms with Crippen LogP contribution in [0, 0.1) is 29.4 Å². The van der Waals surface area contributed by atoms with Gasteiger partial charge in [-0.25, -0.2) is 8.78 Å². The third-order valence-corrected chi connectivity index (χ3v) is 7.24. The summed E-state index contributed by atoms with van der Waals surface area (Å²) in [5.74, 6) is 1.40.